The molecule has 0 radical (unpaired) electrons. The Labute approximate surface area is 165 Å². The summed E-state index contributed by atoms with van der Waals surface area (Å²) in [5.74, 6) is 0.0986. The first-order valence-corrected chi connectivity index (χ1v) is 9.85. The summed E-state index contributed by atoms with van der Waals surface area (Å²) in [6, 6.07) is 7.60. The maximum atomic E-state index is 10.4. The highest BCUT2D eigenvalue weighted by Crippen LogP contribution is 2.38. The van der Waals surface area contributed by atoms with Crippen molar-refractivity contribution in [3.63, 3.8) is 0 Å². The highest BCUT2D eigenvalue weighted by molar-refractivity contribution is 7.21. The summed E-state index contributed by atoms with van der Waals surface area (Å²) in [7, 11) is 1.49. The van der Waals surface area contributed by atoms with E-state index in [9.17, 15) is 15.3 Å². The van der Waals surface area contributed by atoms with E-state index in [0.29, 0.717) is 17.9 Å². The van der Waals surface area contributed by atoms with Crippen molar-refractivity contribution in [3.8, 4) is 16.6 Å². The van der Waals surface area contributed by atoms with E-state index < -0.39 is 18.2 Å². The molecule has 9 heteroatoms. The van der Waals surface area contributed by atoms with Gasteiger partial charge in [-0.2, -0.15) is 9.97 Å². The lowest BCUT2D eigenvalue weighted by Gasteiger charge is -2.20. The van der Waals surface area contributed by atoms with Crippen LogP contribution in [0.4, 0.5) is 5.82 Å². The second-order valence-corrected chi connectivity index (χ2v) is 7.95. The molecule has 28 heavy (non-hydrogen) atoms. The van der Waals surface area contributed by atoms with Crippen LogP contribution in [0.25, 0.3) is 20.8 Å². The lowest BCUT2D eigenvalue weighted by atomic mass is 10.1. The number of thiazole rings is 1. The van der Waals surface area contributed by atoms with Crippen LogP contribution in [0.1, 0.15) is 12.1 Å². The molecular formula is C19H22N4O4S. The summed E-state index contributed by atoms with van der Waals surface area (Å²) in [4.78, 5) is 13.5. The Morgan fingerprint density at radius 2 is 1.96 bits per heavy atom. The molecule has 1 unspecified atom stereocenters. The van der Waals surface area contributed by atoms with E-state index in [1.807, 2.05) is 31.2 Å². The Morgan fingerprint density at radius 1 is 1.18 bits per heavy atom. The number of aliphatic hydroxyl groups excluding tert-OH is 3. The van der Waals surface area contributed by atoms with Crippen LogP contribution in [-0.4, -0.2) is 62.2 Å². The van der Waals surface area contributed by atoms with Crippen LogP contribution in [0.3, 0.4) is 0 Å². The molecule has 0 aliphatic heterocycles. The number of anilines is 1. The van der Waals surface area contributed by atoms with E-state index in [1.54, 1.807) is 0 Å². The second kappa shape index (κ2) is 7.59. The topological polar surface area (TPSA) is 121 Å². The maximum Gasteiger partial charge on any atom is 0.318 e. The molecule has 4 atom stereocenters. The van der Waals surface area contributed by atoms with Crippen LogP contribution >= 0.6 is 11.3 Å². The highest BCUT2D eigenvalue weighted by atomic mass is 32.1. The van der Waals surface area contributed by atoms with E-state index >= 15 is 0 Å². The molecule has 0 amide bonds. The number of rotatable bonds is 5. The molecule has 4 N–H and O–H groups in total. The van der Waals surface area contributed by atoms with E-state index in [-0.39, 0.29) is 18.5 Å². The standard InChI is InChI=1S/C19H22N4O4S/c1-9-14(18-22-11-5-3-4-6-13(11)28-18)17(23-19(20-9)27-2)21-12-7-10(8-24)15(25)16(12)26/h3-6,10,12,15-16,24-26H,7-8H2,1-2H3,(H,20,21,23)/t10-,12?,15-,16+/m1/s1. The van der Waals surface area contributed by atoms with Crippen molar-refractivity contribution in [2.24, 2.45) is 5.92 Å². The second-order valence-electron chi connectivity index (χ2n) is 6.92. The number of hydrogen-bond donors (Lipinski definition) is 4. The van der Waals surface area contributed by atoms with E-state index in [1.165, 1.54) is 18.4 Å². The van der Waals surface area contributed by atoms with Gasteiger partial charge in [0.1, 0.15) is 16.9 Å². The average molecular weight is 402 g/mol. The number of methoxy groups -OCH3 is 1. The third-order valence-electron chi connectivity index (χ3n) is 5.12. The average Bonchev–Trinajstić information content (AvgIpc) is 3.23. The molecule has 0 saturated heterocycles. The van der Waals surface area contributed by atoms with Crippen molar-refractivity contribution < 1.29 is 20.1 Å². The number of aliphatic hydroxyl groups is 3. The van der Waals surface area contributed by atoms with E-state index in [4.69, 9.17) is 9.72 Å². The summed E-state index contributed by atoms with van der Waals surface area (Å²) in [5.41, 5.74) is 2.32. The largest absolute Gasteiger partial charge is 0.467 e. The van der Waals surface area contributed by atoms with Gasteiger partial charge in [0.15, 0.2) is 0 Å². The van der Waals surface area contributed by atoms with Crippen molar-refractivity contribution in [2.45, 2.75) is 31.6 Å². The number of nitrogens with zero attached hydrogens (tertiary/aromatic N) is 3. The molecule has 148 valence electrons. The van der Waals surface area contributed by atoms with Crippen molar-refractivity contribution >= 4 is 27.4 Å². The molecule has 3 aromatic rings. The van der Waals surface area contributed by atoms with Gasteiger partial charge in [0.2, 0.25) is 0 Å². The molecule has 4 rings (SSSR count). The third kappa shape index (κ3) is 3.30. The molecule has 2 heterocycles. The minimum atomic E-state index is -1.01. The number of benzene rings is 1. The van der Waals surface area contributed by atoms with Crippen LogP contribution < -0.4 is 10.1 Å². The number of hydrogen-bond acceptors (Lipinski definition) is 9. The Morgan fingerprint density at radius 3 is 2.64 bits per heavy atom. The van der Waals surface area contributed by atoms with Gasteiger partial charge in [0, 0.05) is 12.5 Å². The maximum absolute atomic E-state index is 10.4. The van der Waals surface area contributed by atoms with Crippen molar-refractivity contribution in [2.75, 3.05) is 19.0 Å². The van der Waals surface area contributed by atoms with E-state index in [2.05, 4.69) is 15.3 Å². The van der Waals surface area contributed by atoms with Crippen molar-refractivity contribution in [1.82, 2.24) is 15.0 Å². The lowest BCUT2D eigenvalue weighted by molar-refractivity contribution is 0.00445. The van der Waals surface area contributed by atoms with Gasteiger partial charge in [-0.15, -0.1) is 11.3 Å². The number of nitrogens with one attached hydrogen (secondary N) is 1. The molecule has 0 spiro atoms. The van der Waals surface area contributed by atoms with Crippen LogP contribution in [0, 0.1) is 12.8 Å². The predicted molar refractivity (Wildman–Crippen MR) is 107 cm³/mol. The minimum absolute atomic E-state index is 0.187. The van der Waals surface area contributed by atoms with Gasteiger partial charge < -0.3 is 25.4 Å². The summed E-state index contributed by atoms with van der Waals surface area (Å²) >= 11 is 1.53. The number of para-hydroxylation sites is 1. The fourth-order valence-electron chi connectivity index (χ4n) is 3.60. The predicted octanol–water partition coefficient (Wildman–Crippen LogP) is 1.58. The van der Waals surface area contributed by atoms with Crippen LogP contribution in [-0.2, 0) is 0 Å². The summed E-state index contributed by atoms with van der Waals surface area (Å²) in [6.07, 6.45) is -1.58. The molecule has 1 aliphatic rings. The van der Waals surface area contributed by atoms with Crippen LogP contribution in [0.2, 0.25) is 0 Å². The lowest BCUT2D eigenvalue weighted by Crippen LogP contribution is -2.35. The van der Waals surface area contributed by atoms with Gasteiger partial charge in [-0.1, -0.05) is 12.1 Å². The Hall–Kier alpha value is -2.33. The first kappa shape index (κ1) is 19.0. The summed E-state index contributed by atoms with van der Waals surface area (Å²) < 4.78 is 6.26. The molecule has 1 saturated carbocycles. The molecule has 0 bridgehead atoms. The van der Waals surface area contributed by atoms with Gasteiger partial charge in [0.05, 0.1) is 40.7 Å². The van der Waals surface area contributed by atoms with Crippen LogP contribution in [0.5, 0.6) is 6.01 Å². The fourth-order valence-corrected chi connectivity index (χ4v) is 4.67. The smallest absolute Gasteiger partial charge is 0.318 e. The normalized spacial score (nSPS) is 24.6. The van der Waals surface area contributed by atoms with Crippen molar-refractivity contribution in [1.29, 1.82) is 0 Å². The zero-order valence-electron chi connectivity index (χ0n) is 15.5. The third-order valence-corrected chi connectivity index (χ3v) is 6.17. The monoisotopic (exact) mass is 402 g/mol. The van der Waals surface area contributed by atoms with E-state index in [0.717, 1.165) is 20.8 Å². The first-order chi connectivity index (χ1) is 13.5. The number of fused-ring (bicyclic) bond motifs is 1. The molecule has 1 aromatic carbocycles. The number of aryl methyl sites for hydroxylation is 1. The zero-order chi connectivity index (χ0) is 19.8. The zero-order valence-corrected chi connectivity index (χ0v) is 16.3. The molecule has 1 aliphatic carbocycles. The molecule has 2 aromatic heterocycles. The molecular weight excluding hydrogens is 380 g/mol. The first-order valence-electron chi connectivity index (χ1n) is 9.04. The summed E-state index contributed by atoms with van der Waals surface area (Å²) in [5, 5.41) is 33.9. The van der Waals surface area contributed by atoms with Gasteiger partial charge in [-0.3, -0.25) is 0 Å². The van der Waals surface area contributed by atoms with Crippen LogP contribution in [0.15, 0.2) is 24.3 Å². The Balaban J connectivity index is 1.76. The minimum Gasteiger partial charge on any atom is -0.467 e. The molecule has 1 fully saturated rings. The number of ether oxygens (including phenoxy) is 1. The Kier molecular flexibility index (Phi) is 5.15. The molecule has 8 nitrogen and oxygen atoms in total. The van der Waals surface area contributed by atoms with Gasteiger partial charge in [0.25, 0.3) is 0 Å². The van der Waals surface area contributed by atoms with Gasteiger partial charge in [-0.05, 0) is 25.5 Å². The summed E-state index contributed by atoms with van der Waals surface area (Å²) in [6.45, 7) is 1.67. The Bertz CT molecular complexity index is 962. The number of aromatic nitrogens is 3. The van der Waals surface area contributed by atoms with Gasteiger partial charge in [-0.25, -0.2) is 4.98 Å². The quantitative estimate of drug-likeness (QED) is 0.508. The van der Waals surface area contributed by atoms with Gasteiger partial charge >= 0.3 is 6.01 Å². The fraction of sp³-hybridized carbons (Fsp3) is 0.421. The van der Waals surface area contributed by atoms with Crippen molar-refractivity contribution in [3.05, 3.63) is 30.0 Å². The SMILES string of the molecule is COc1nc(C)c(-c2nc3ccccc3s2)c(NC2C[C@H](CO)[C@@H](O)[C@H]2O)n1. The highest BCUT2D eigenvalue weighted by Gasteiger charge is 2.41.